The van der Waals surface area contributed by atoms with Gasteiger partial charge < -0.3 is 19.4 Å². The molecule has 1 fully saturated rings. The van der Waals surface area contributed by atoms with Crippen LogP contribution in [0.3, 0.4) is 0 Å². The van der Waals surface area contributed by atoms with Crippen LogP contribution in [0.25, 0.3) is 0 Å². The molecule has 6 nitrogen and oxygen atoms in total. The number of carbonyl (C=O) groups excluding carboxylic acids is 2. The Kier molecular flexibility index (Phi) is 6.34. The van der Waals surface area contributed by atoms with Crippen molar-refractivity contribution in [2.24, 2.45) is 0 Å². The number of anilines is 1. The van der Waals surface area contributed by atoms with E-state index >= 15 is 0 Å². The van der Waals surface area contributed by atoms with E-state index in [-0.39, 0.29) is 5.91 Å². The first-order valence-corrected chi connectivity index (χ1v) is 11.2. The molecular formula is C27H28BNO5. The Morgan fingerprint density at radius 2 is 1.44 bits per heavy atom. The molecule has 1 saturated heterocycles. The zero-order valence-corrected chi connectivity index (χ0v) is 20.0. The van der Waals surface area contributed by atoms with Crippen molar-refractivity contribution in [3.63, 3.8) is 0 Å². The van der Waals surface area contributed by atoms with Crippen LogP contribution >= 0.6 is 0 Å². The highest BCUT2D eigenvalue weighted by Crippen LogP contribution is 2.36. The minimum atomic E-state index is -0.514. The van der Waals surface area contributed by atoms with E-state index < -0.39 is 24.3 Å². The number of aryl methyl sites for hydroxylation is 1. The zero-order valence-electron chi connectivity index (χ0n) is 20.0. The van der Waals surface area contributed by atoms with E-state index in [1.807, 2.05) is 58.9 Å². The lowest BCUT2D eigenvalue weighted by Crippen LogP contribution is -2.41. The first-order valence-electron chi connectivity index (χ1n) is 11.2. The molecule has 174 valence electrons. The van der Waals surface area contributed by atoms with Gasteiger partial charge in [-0.15, -0.1) is 0 Å². The second-order valence-electron chi connectivity index (χ2n) is 9.40. The number of carbonyl (C=O) groups is 2. The molecular weight excluding hydrogens is 429 g/mol. The Balaban J connectivity index is 1.44. The van der Waals surface area contributed by atoms with Gasteiger partial charge in [-0.1, -0.05) is 30.3 Å². The van der Waals surface area contributed by atoms with Crippen molar-refractivity contribution < 1.29 is 23.6 Å². The average Bonchev–Trinajstić information content (AvgIpc) is 3.03. The van der Waals surface area contributed by atoms with Crippen LogP contribution in [-0.2, 0) is 9.31 Å². The third kappa shape index (κ3) is 4.91. The van der Waals surface area contributed by atoms with E-state index in [0.717, 1.165) is 11.0 Å². The van der Waals surface area contributed by atoms with Crippen molar-refractivity contribution in [2.45, 2.75) is 45.8 Å². The number of hydrogen-bond acceptors (Lipinski definition) is 5. The van der Waals surface area contributed by atoms with E-state index in [2.05, 4.69) is 5.32 Å². The molecule has 1 N–H and O–H groups in total. The van der Waals surface area contributed by atoms with Gasteiger partial charge in [0.2, 0.25) is 0 Å². The van der Waals surface area contributed by atoms with Gasteiger partial charge in [-0.05, 0) is 88.1 Å². The third-order valence-corrected chi connectivity index (χ3v) is 6.37. The van der Waals surface area contributed by atoms with Crippen LogP contribution in [-0.4, -0.2) is 30.2 Å². The molecule has 0 spiro atoms. The fourth-order valence-electron chi connectivity index (χ4n) is 3.51. The predicted molar refractivity (Wildman–Crippen MR) is 133 cm³/mol. The molecule has 0 saturated carbocycles. The van der Waals surface area contributed by atoms with Crippen LogP contribution in [0.2, 0.25) is 0 Å². The van der Waals surface area contributed by atoms with Crippen LogP contribution in [0, 0.1) is 6.92 Å². The first-order chi connectivity index (χ1) is 16.1. The molecule has 0 radical (unpaired) electrons. The van der Waals surface area contributed by atoms with Gasteiger partial charge in [0.25, 0.3) is 5.91 Å². The Bertz CT molecular complexity index is 1190. The molecule has 1 aliphatic heterocycles. The van der Waals surface area contributed by atoms with Crippen molar-refractivity contribution in [3.05, 3.63) is 89.5 Å². The molecule has 0 bridgehead atoms. The van der Waals surface area contributed by atoms with Crippen LogP contribution < -0.4 is 15.5 Å². The summed E-state index contributed by atoms with van der Waals surface area (Å²) in [4.78, 5) is 25.1. The van der Waals surface area contributed by atoms with Crippen LogP contribution in [0.1, 0.15) is 54.0 Å². The Morgan fingerprint density at radius 1 is 0.824 bits per heavy atom. The van der Waals surface area contributed by atoms with Gasteiger partial charge >= 0.3 is 13.1 Å². The number of rotatable bonds is 5. The van der Waals surface area contributed by atoms with E-state index in [4.69, 9.17) is 14.0 Å². The molecule has 0 unspecified atom stereocenters. The lowest BCUT2D eigenvalue weighted by molar-refractivity contribution is 0.00578. The van der Waals surface area contributed by atoms with Gasteiger partial charge in [0, 0.05) is 11.3 Å². The summed E-state index contributed by atoms with van der Waals surface area (Å²) in [6.07, 6.45) is 0. The van der Waals surface area contributed by atoms with Crippen molar-refractivity contribution in [3.8, 4) is 5.75 Å². The highest BCUT2D eigenvalue weighted by molar-refractivity contribution is 6.62. The second kappa shape index (κ2) is 9.08. The van der Waals surface area contributed by atoms with Gasteiger partial charge in [-0.2, -0.15) is 0 Å². The smallest absolute Gasteiger partial charge is 0.423 e. The van der Waals surface area contributed by atoms with Crippen molar-refractivity contribution in [1.29, 1.82) is 0 Å². The highest BCUT2D eigenvalue weighted by atomic mass is 16.7. The minimum Gasteiger partial charge on any atom is -0.423 e. The Hall–Kier alpha value is -3.42. The van der Waals surface area contributed by atoms with E-state index in [1.165, 1.54) is 0 Å². The zero-order chi connectivity index (χ0) is 24.5. The summed E-state index contributed by atoms with van der Waals surface area (Å²) in [5.74, 6) is -0.354. The van der Waals surface area contributed by atoms with E-state index in [9.17, 15) is 9.59 Å². The summed E-state index contributed by atoms with van der Waals surface area (Å²) in [7, 11) is -0.514. The van der Waals surface area contributed by atoms with Crippen LogP contribution in [0.5, 0.6) is 5.75 Å². The molecule has 7 heteroatoms. The highest BCUT2D eigenvalue weighted by Gasteiger charge is 2.51. The molecule has 1 amide bonds. The van der Waals surface area contributed by atoms with Gasteiger partial charge in [0.1, 0.15) is 5.75 Å². The lowest BCUT2D eigenvalue weighted by Gasteiger charge is -2.32. The molecule has 4 rings (SSSR count). The maximum absolute atomic E-state index is 12.9. The van der Waals surface area contributed by atoms with Crippen LogP contribution in [0.15, 0.2) is 72.8 Å². The Morgan fingerprint density at radius 3 is 2.06 bits per heavy atom. The molecule has 0 aliphatic carbocycles. The number of benzene rings is 3. The fourth-order valence-corrected chi connectivity index (χ4v) is 3.51. The lowest BCUT2D eigenvalue weighted by atomic mass is 9.78. The fraction of sp³-hybridized carbons (Fsp3) is 0.259. The maximum Gasteiger partial charge on any atom is 0.494 e. The number of esters is 1. The number of amides is 1. The summed E-state index contributed by atoms with van der Waals surface area (Å²) in [6, 6.07) is 20.9. The first kappa shape index (κ1) is 23.7. The monoisotopic (exact) mass is 457 g/mol. The molecule has 1 heterocycles. The van der Waals surface area contributed by atoms with E-state index in [0.29, 0.717) is 22.6 Å². The quantitative estimate of drug-likeness (QED) is 0.340. The summed E-state index contributed by atoms with van der Waals surface area (Å²) < 4.78 is 17.7. The Labute approximate surface area is 200 Å². The number of hydrogen-bond donors (Lipinski definition) is 1. The average molecular weight is 457 g/mol. The largest absolute Gasteiger partial charge is 0.494 e. The molecule has 0 atom stereocenters. The number of ether oxygens (including phenoxy) is 1. The molecule has 3 aromatic carbocycles. The van der Waals surface area contributed by atoms with Gasteiger partial charge in [0.15, 0.2) is 0 Å². The third-order valence-electron chi connectivity index (χ3n) is 6.37. The molecule has 1 aliphatic rings. The summed E-state index contributed by atoms with van der Waals surface area (Å²) >= 11 is 0. The van der Waals surface area contributed by atoms with Gasteiger partial charge in [0.05, 0.1) is 16.8 Å². The molecule has 0 aromatic heterocycles. The molecule has 3 aromatic rings. The number of nitrogens with one attached hydrogen (secondary N) is 1. The second-order valence-corrected chi connectivity index (χ2v) is 9.40. The van der Waals surface area contributed by atoms with Crippen molar-refractivity contribution >= 4 is 30.1 Å². The summed E-state index contributed by atoms with van der Waals surface area (Å²) in [6.45, 7) is 9.94. The normalized spacial score (nSPS) is 16.2. The molecule has 34 heavy (non-hydrogen) atoms. The van der Waals surface area contributed by atoms with Crippen LogP contribution in [0.4, 0.5) is 5.69 Å². The van der Waals surface area contributed by atoms with Crippen molar-refractivity contribution in [2.75, 3.05) is 5.32 Å². The SMILES string of the molecule is Cc1ccc(B2OC(C)(C)C(C)(C)O2)cc1NC(=O)c1ccc(OC(=O)c2ccccc2)cc1. The summed E-state index contributed by atoms with van der Waals surface area (Å²) in [5, 5.41) is 2.96. The summed E-state index contributed by atoms with van der Waals surface area (Å²) in [5.41, 5.74) is 2.44. The maximum atomic E-state index is 12.9. The van der Waals surface area contributed by atoms with Gasteiger partial charge in [-0.3, -0.25) is 4.79 Å². The standard InChI is InChI=1S/C27H28BNO5/c1-18-11-14-21(28-33-26(2,3)27(4,5)34-28)17-23(18)29-24(30)19-12-15-22(16-13-19)32-25(31)20-9-7-6-8-10-20/h6-17H,1-5H3,(H,29,30). The van der Waals surface area contributed by atoms with E-state index in [1.54, 1.807) is 48.5 Å². The minimum absolute atomic E-state index is 0.268. The predicted octanol–water partition coefficient (Wildman–Crippen LogP) is 4.77. The van der Waals surface area contributed by atoms with Gasteiger partial charge in [-0.25, -0.2) is 4.79 Å². The van der Waals surface area contributed by atoms with Crippen molar-refractivity contribution in [1.82, 2.24) is 0 Å². The topological polar surface area (TPSA) is 73.9 Å².